The third-order valence-electron chi connectivity index (χ3n) is 6.21. The van der Waals surface area contributed by atoms with Crippen LogP contribution in [0.15, 0.2) is 36.7 Å². The number of hydrogen-bond acceptors (Lipinski definition) is 5. The van der Waals surface area contributed by atoms with E-state index in [-0.39, 0.29) is 12.1 Å². The van der Waals surface area contributed by atoms with Gasteiger partial charge in [0.25, 0.3) is 0 Å². The molecule has 0 radical (unpaired) electrons. The zero-order chi connectivity index (χ0) is 21.2. The molecule has 31 heavy (non-hydrogen) atoms. The number of nitrogens with zero attached hydrogens (tertiary/aromatic N) is 3. The standard InChI is InChI=1S/C23H28N6O2/c1-15(17-3-2-16-4-8-24-20(16)12-17)26-23(30)29-9-5-18-13-25-22(28-21(18)14-29)27-19-6-10-31-11-7-19/h2-4,8,12-13,15,19,24H,5-7,9-11,14H2,1H3,(H,26,30)(H,25,27,28). The average molecular weight is 421 g/mol. The van der Waals surface area contributed by atoms with E-state index in [0.717, 1.165) is 54.8 Å². The van der Waals surface area contributed by atoms with Gasteiger partial charge in [-0.15, -0.1) is 0 Å². The maximum Gasteiger partial charge on any atom is 0.318 e. The third-order valence-corrected chi connectivity index (χ3v) is 6.21. The Labute approximate surface area is 181 Å². The second kappa shape index (κ2) is 8.55. The first kappa shape index (κ1) is 19.8. The van der Waals surface area contributed by atoms with Crippen molar-refractivity contribution in [1.82, 2.24) is 25.2 Å². The van der Waals surface area contributed by atoms with Crippen LogP contribution >= 0.6 is 0 Å². The number of H-pyrrole nitrogens is 1. The van der Waals surface area contributed by atoms with Crippen LogP contribution in [0, 0.1) is 0 Å². The molecule has 1 atom stereocenters. The van der Waals surface area contributed by atoms with Crippen LogP contribution in [0.2, 0.25) is 0 Å². The fraction of sp³-hybridized carbons (Fsp3) is 0.435. The van der Waals surface area contributed by atoms with E-state index in [2.05, 4.69) is 38.8 Å². The van der Waals surface area contributed by atoms with E-state index in [0.29, 0.717) is 25.1 Å². The molecule has 2 aliphatic heterocycles. The molecular formula is C23H28N6O2. The number of rotatable bonds is 4. The van der Waals surface area contributed by atoms with E-state index >= 15 is 0 Å². The first-order valence-electron chi connectivity index (χ1n) is 11.0. The Morgan fingerprint density at radius 2 is 2.16 bits per heavy atom. The first-order chi connectivity index (χ1) is 15.2. The smallest absolute Gasteiger partial charge is 0.318 e. The zero-order valence-electron chi connectivity index (χ0n) is 17.7. The lowest BCUT2D eigenvalue weighted by molar-refractivity contribution is 0.0903. The summed E-state index contributed by atoms with van der Waals surface area (Å²) in [6, 6.07) is 8.46. The van der Waals surface area contributed by atoms with Crippen LogP contribution in [0.3, 0.4) is 0 Å². The number of hydrogen-bond donors (Lipinski definition) is 3. The van der Waals surface area contributed by atoms with Gasteiger partial charge in [-0.1, -0.05) is 12.1 Å². The molecule has 1 unspecified atom stereocenters. The summed E-state index contributed by atoms with van der Waals surface area (Å²) in [4.78, 5) is 27.2. The van der Waals surface area contributed by atoms with Crippen LogP contribution in [0.5, 0.6) is 0 Å². The molecule has 0 bridgehead atoms. The van der Waals surface area contributed by atoms with E-state index < -0.39 is 0 Å². The van der Waals surface area contributed by atoms with Gasteiger partial charge < -0.3 is 25.3 Å². The Hall–Kier alpha value is -3.13. The van der Waals surface area contributed by atoms with Crippen LogP contribution in [-0.2, 0) is 17.7 Å². The maximum atomic E-state index is 12.9. The molecule has 3 N–H and O–H groups in total. The monoisotopic (exact) mass is 420 g/mol. The first-order valence-corrected chi connectivity index (χ1v) is 11.0. The van der Waals surface area contributed by atoms with E-state index in [1.807, 2.05) is 30.3 Å². The Morgan fingerprint density at radius 3 is 3.03 bits per heavy atom. The number of anilines is 1. The van der Waals surface area contributed by atoms with E-state index in [9.17, 15) is 4.79 Å². The molecule has 1 fully saturated rings. The summed E-state index contributed by atoms with van der Waals surface area (Å²) in [5.74, 6) is 0.639. The molecule has 5 rings (SSSR count). The van der Waals surface area contributed by atoms with Crippen LogP contribution in [0.4, 0.5) is 10.7 Å². The molecule has 0 aliphatic carbocycles. The lowest BCUT2D eigenvalue weighted by Crippen LogP contribution is -2.44. The highest BCUT2D eigenvalue weighted by molar-refractivity contribution is 5.80. The van der Waals surface area contributed by atoms with Gasteiger partial charge in [-0.05, 0) is 54.8 Å². The zero-order valence-corrected chi connectivity index (χ0v) is 17.7. The van der Waals surface area contributed by atoms with Crippen LogP contribution in [0.25, 0.3) is 10.9 Å². The Morgan fingerprint density at radius 1 is 1.29 bits per heavy atom. The van der Waals surface area contributed by atoms with Crippen molar-refractivity contribution in [3.05, 3.63) is 53.5 Å². The number of carbonyl (C=O) groups is 1. The Kier molecular flexibility index (Phi) is 5.46. The molecule has 2 aromatic heterocycles. The molecule has 1 saturated heterocycles. The van der Waals surface area contributed by atoms with Gasteiger partial charge in [0.2, 0.25) is 5.95 Å². The van der Waals surface area contributed by atoms with Crippen molar-refractivity contribution in [2.45, 2.75) is 44.8 Å². The number of urea groups is 1. The predicted molar refractivity (Wildman–Crippen MR) is 119 cm³/mol. The Bertz CT molecular complexity index is 1070. The molecule has 8 heteroatoms. The van der Waals surface area contributed by atoms with Crippen LogP contribution in [-0.4, -0.2) is 51.7 Å². The topological polar surface area (TPSA) is 95.2 Å². The summed E-state index contributed by atoms with van der Waals surface area (Å²) in [5, 5.41) is 7.72. The summed E-state index contributed by atoms with van der Waals surface area (Å²) >= 11 is 0. The summed E-state index contributed by atoms with van der Waals surface area (Å²) in [5.41, 5.74) is 4.19. The molecule has 0 spiro atoms. The van der Waals surface area contributed by atoms with Crippen LogP contribution < -0.4 is 10.6 Å². The summed E-state index contributed by atoms with van der Waals surface area (Å²) in [7, 11) is 0. The highest BCUT2D eigenvalue weighted by Crippen LogP contribution is 2.22. The number of aromatic amines is 1. The second-order valence-electron chi connectivity index (χ2n) is 8.36. The van der Waals surface area contributed by atoms with Gasteiger partial charge in [-0.2, -0.15) is 0 Å². The van der Waals surface area contributed by atoms with Crippen molar-refractivity contribution >= 4 is 22.9 Å². The number of carbonyl (C=O) groups excluding carboxylic acids is 1. The van der Waals surface area contributed by atoms with Gasteiger partial charge >= 0.3 is 6.03 Å². The minimum absolute atomic E-state index is 0.0673. The van der Waals surface area contributed by atoms with Gasteiger partial charge in [-0.3, -0.25) is 0 Å². The number of amides is 2. The predicted octanol–water partition coefficient (Wildman–Crippen LogP) is 3.38. The molecule has 2 amide bonds. The Balaban J connectivity index is 1.23. The van der Waals surface area contributed by atoms with Crippen LogP contribution in [0.1, 0.15) is 42.6 Å². The third kappa shape index (κ3) is 4.34. The van der Waals surface area contributed by atoms with Gasteiger partial charge in [0.05, 0.1) is 18.3 Å². The van der Waals surface area contributed by atoms with Crippen molar-refractivity contribution in [2.24, 2.45) is 0 Å². The van der Waals surface area contributed by atoms with Crippen molar-refractivity contribution in [2.75, 3.05) is 25.1 Å². The number of benzene rings is 1. The lowest BCUT2D eigenvalue weighted by Gasteiger charge is -2.30. The molecular weight excluding hydrogens is 392 g/mol. The van der Waals surface area contributed by atoms with Crippen molar-refractivity contribution in [3.63, 3.8) is 0 Å². The minimum atomic E-state index is -0.0854. The molecule has 1 aromatic carbocycles. The molecule has 3 aromatic rings. The average Bonchev–Trinajstić information content (AvgIpc) is 3.27. The quantitative estimate of drug-likeness (QED) is 0.601. The fourth-order valence-electron chi connectivity index (χ4n) is 4.27. The van der Waals surface area contributed by atoms with Gasteiger partial charge in [-0.25, -0.2) is 14.8 Å². The van der Waals surface area contributed by atoms with E-state index in [4.69, 9.17) is 9.72 Å². The van der Waals surface area contributed by atoms with E-state index in [1.54, 1.807) is 0 Å². The normalized spacial score (nSPS) is 17.9. The molecule has 0 saturated carbocycles. The summed E-state index contributed by atoms with van der Waals surface area (Å²) in [6.07, 6.45) is 6.51. The lowest BCUT2D eigenvalue weighted by atomic mass is 10.1. The van der Waals surface area contributed by atoms with Crippen molar-refractivity contribution in [3.8, 4) is 0 Å². The molecule has 8 nitrogen and oxygen atoms in total. The van der Waals surface area contributed by atoms with Crippen molar-refractivity contribution in [1.29, 1.82) is 0 Å². The molecule has 2 aliphatic rings. The maximum absolute atomic E-state index is 12.9. The van der Waals surface area contributed by atoms with Gasteiger partial charge in [0.15, 0.2) is 0 Å². The minimum Gasteiger partial charge on any atom is -0.381 e. The number of fused-ring (bicyclic) bond motifs is 2. The van der Waals surface area contributed by atoms with Gasteiger partial charge in [0.1, 0.15) is 0 Å². The number of ether oxygens (including phenoxy) is 1. The van der Waals surface area contributed by atoms with Gasteiger partial charge in [0, 0.05) is 43.7 Å². The molecule has 162 valence electrons. The highest BCUT2D eigenvalue weighted by Gasteiger charge is 2.24. The largest absolute Gasteiger partial charge is 0.381 e. The number of aromatic nitrogens is 3. The molecule has 4 heterocycles. The summed E-state index contributed by atoms with van der Waals surface area (Å²) < 4.78 is 5.42. The highest BCUT2D eigenvalue weighted by atomic mass is 16.5. The van der Waals surface area contributed by atoms with E-state index in [1.165, 1.54) is 5.39 Å². The number of nitrogens with one attached hydrogen (secondary N) is 3. The summed E-state index contributed by atoms with van der Waals surface area (Å²) in [6.45, 7) is 4.71. The second-order valence-corrected chi connectivity index (χ2v) is 8.36. The SMILES string of the molecule is CC(NC(=O)N1CCc2cnc(NC3CCOCC3)nc2C1)c1ccc2cc[nH]c2c1. The van der Waals surface area contributed by atoms with Crippen molar-refractivity contribution < 1.29 is 9.53 Å². The fourth-order valence-corrected chi connectivity index (χ4v) is 4.27.